The largest absolute Gasteiger partial charge is 0.492 e. The van der Waals surface area contributed by atoms with E-state index in [1.54, 1.807) is 0 Å². The predicted octanol–water partition coefficient (Wildman–Crippen LogP) is 3.64. The molecule has 1 N–H and O–H groups in total. The summed E-state index contributed by atoms with van der Waals surface area (Å²) >= 11 is 0. The maximum absolute atomic E-state index is 12.3. The Morgan fingerprint density at radius 1 is 1.17 bits per heavy atom. The Morgan fingerprint density at radius 2 is 1.92 bits per heavy atom. The van der Waals surface area contributed by atoms with Crippen molar-refractivity contribution < 1.29 is 9.53 Å². The minimum absolute atomic E-state index is 0.00618. The molecule has 126 valence electrons. The molecule has 0 fully saturated rings. The second kappa shape index (κ2) is 7.49. The van der Waals surface area contributed by atoms with Gasteiger partial charge in [-0.3, -0.25) is 9.69 Å². The summed E-state index contributed by atoms with van der Waals surface area (Å²) in [5.41, 5.74) is 3.24. The molecular formula is C20H24N2O2. The average molecular weight is 324 g/mol. The number of rotatable bonds is 4. The van der Waals surface area contributed by atoms with Gasteiger partial charge in [0.1, 0.15) is 12.4 Å². The van der Waals surface area contributed by atoms with Crippen molar-refractivity contribution in [2.45, 2.75) is 26.3 Å². The summed E-state index contributed by atoms with van der Waals surface area (Å²) in [5.74, 6) is 1.42. The van der Waals surface area contributed by atoms with Crippen LogP contribution in [0.4, 0.5) is 5.69 Å². The van der Waals surface area contributed by atoms with Crippen LogP contribution in [0.3, 0.4) is 0 Å². The predicted molar refractivity (Wildman–Crippen MR) is 96.4 cm³/mol. The lowest BCUT2D eigenvalue weighted by Crippen LogP contribution is -2.34. The van der Waals surface area contributed by atoms with E-state index < -0.39 is 0 Å². The molecule has 24 heavy (non-hydrogen) atoms. The highest BCUT2D eigenvalue weighted by molar-refractivity contribution is 5.92. The van der Waals surface area contributed by atoms with Gasteiger partial charge in [0.25, 0.3) is 0 Å². The molecule has 0 atom stereocenters. The quantitative estimate of drug-likeness (QED) is 0.933. The van der Waals surface area contributed by atoms with Crippen LogP contribution in [-0.4, -0.2) is 30.5 Å². The number of anilines is 1. The molecule has 2 aromatic carbocycles. The van der Waals surface area contributed by atoms with E-state index in [2.05, 4.69) is 42.3 Å². The smallest absolute Gasteiger partial charge is 0.238 e. The molecule has 4 heteroatoms. The van der Waals surface area contributed by atoms with Crippen molar-refractivity contribution in [3.05, 3.63) is 59.7 Å². The molecule has 0 radical (unpaired) electrons. The van der Waals surface area contributed by atoms with Crippen LogP contribution in [0, 0.1) is 0 Å². The number of nitrogens with one attached hydrogen (secondary N) is 1. The zero-order valence-electron chi connectivity index (χ0n) is 14.3. The van der Waals surface area contributed by atoms with Crippen LogP contribution in [0.15, 0.2) is 48.5 Å². The SMILES string of the molecule is CC(C)c1ccc(NC(=O)CN2CCOc3ccccc3C2)cc1. The van der Waals surface area contributed by atoms with Gasteiger partial charge in [0.05, 0.1) is 6.54 Å². The van der Waals surface area contributed by atoms with Crippen molar-refractivity contribution in [3.63, 3.8) is 0 Å². The maximum Gasteiger partial charge on any atom is 0.238 e. The summed E-state index contributed by atoms with van der Waals surface area (Å²) in [6.45, 7) is 6.76. The van der Waals surface area contributed by atoms with E-state index in [1.807, 2.05) is 30.3 Å². The van der Waals surface area contributed by atoms with Crippen LogP contribution < -0.4 is 10.1 Å². The maximum atomic E-state index is 12.3. The Balaban J connectivity index is 1.58. The molecule has 0 unspecified atom stereocenters. The monoisotopic (exact) mass is 324 g/mol. The Labute approximate surface area is 143 Å². The van der Waals surface area contributed by atoms with Crippen LogP contribution >= 0.6 is 0 Å². The van der Waals surface area contributed by atoms with Crippen molar-refractivity contribution in [3.8, 4) is 5.75 Å². The van der Waals surface area contributed by atoms with Crippen molar-refractivity contribution in [1.29, 1.82) is 0 Å². The van der Waals surface area contributed by atoms with E-state index in [0.29, 0.717) is 19.1 Å². The molecule has 0 bridgehead atoms. The highest BCUT2D eigenvalue weighted by Gasteiger charge is 2.17. The Kier molecular flexibility index (Phi) is 5.16. The molecule has 1 heterocycles. The lowest BCUT2D eigenvalue weighted by atomic mass is 10.0. The summed E-state index contributed by atoms with van der Waals surface area (Å²) < 4.78 is 5.74. The van der Waals surface area contributed by atoms with E-state index in [0.717, 1.165) is 30.1 Å². The van der Waals surface area contributed by atoms with Crippen LogP contribution in [0.25, 0.3) is 0 Å². The highest BCUT2D eigenvalue weighted by Crippen LogP contribution is 2.22. The van der Waals surface area contributed by atoms with Gasteiger partial charge < -0.3 is 10.1 Å². The molecule has 1 amide bonds. The van der Waals surface area contributed by atoms with Crippen molar-refractivity contribution in [2.75, 3.05) is 25.0 Å². The van der Waals surface area contributed by atoms with Gasteiger partial charge in [-0.25, -0.2) is 0 Å². The third kappa shape index (κ3) is 4.15. The number of hydrogen-bond acceptors (Lipinski definition) is 3. The average Bonchev–Trinajstić information content (AvgIpc) is 2.76. The lowest BCUT2D eigenvalue weighted by Gasteiger charge is -2.18. The van der Waals surface area contributed by atoms with Gasteiger partial charge in [0, 0.05) is 24.3 Å². The second-order valence-electron chi connectivity index (χ2n) is 6.49. The molecule has 3 rings (SSSR count). The topological polar surface area (TPSA) is 41.6 Å². The number of ether oxygens (including phenoxy) is 1. The van der Waals surface area contributed by atoms with Crippen LogP contribution in [0.5, 0.6) is 5.75 Å². The Morgan fingerprint density at radius 3 is 2.67 bits per heavy atom. The summed E-state index contributed by atoms with van der Waals surface area (Å²) in [5, 5.41) is 2.98. The molecule has 0 aliphatic carbocycles. The number of carbonyl (C=O) groups is 1. The number of para-hydroxylation sites is 1. The Hall–Kier alpha value is -2.33. The standard InChI is InChI=1S/C20H24N2O2/c1-15(2)16-7-9-18(10-8-16)21-20(23)14-22-11-12-24-19-6-4-3-5-17(19)13-22/h3-10,15H,11-14H2,1-2H3,(H,21,23). The second-order valence-corrected chi connectivity index (χ2v) is 6.49. The minimum atomic E-state index is 0.00618. The number of amides is 1. The first-order chi connectivity index (χ1) is 11.6. The molecule has 4 nitrogen and oxygen atoms in total. The van der Waals surface area contributed by atoms with Gasteiger partial charge in [0.2, 0.25) is 5.91 Å². The summed E-state index contributed by atoms with van der Waals surface area (Å²) in [6, 6.07) is 16.1. The van der Waals surface area contributed by atoms with Crippen LogP contribution in [0.1, 0.15) is 30.9 Å². The fourth-order valence-electron chi connectivity index (χ4n) is 2.87. The van der Waals surface area contributed by atoms with E-state index in [1.165, 1.54) is 5.56 Å². The normalized spacial score (nSPS) is 14.6. The third-order valence-electron chi connectivity index (χ3n) is 4.26. The molecule has 0 aromatic heterocycles. The first kappa shape index (κ1) is 16.5. The summed E-state index contributed by atoms with van der Waals surface area (Å²) in [6.07, 6.45) is 0. The number of nitrogens with zero attached hydrogens (tertiary/aromatic N) is 1. The van der Waals surface area contributed by atoms with Gasteiger partial charge >= 0.3 is 0 Å². The summed E-state index contributed by atoms with van der Waals surface area (Å²) in [7, 11) is 0. The molecular weight excluding hydrogens is 300 g/mol. The van der Waals surface area contributed by atoms with Gasteiger partial charge in [0.15, 0.2) is 0 Å². The van der Waals surface area contributed by atoms with Crippen molar-refractivity contribution >= 4 is 11.6 Å². The van der Waals surface area contributed by atoms with E-state index in [9.17, 15) is 4.79 Å². The van der Waals surface area contributed by atoms with Crippen molar-refractivity contribution in [1.82, 2.24) is 4.90 Å². The summed E-state index contributed by atoms with van der Waals surface area (Å²) in [4.78, 5) is 14.4. The minimum Gasteiger partial charge on any atom is -0.492 e. The zero-order valence-corrected chi connectivity index (χ0v) is 14.3. The van der Waals surface area contributed by atoms with E-state index in [-0.39, 0.29) is 5.91 Å². The first-order valence-corrected chi connectivity index (χ1v) is 8.44. The molecule has 0 saturated heterocycles. The van der Waals surface area contributed by atoms with Gasteiger partial charge in [-0.2, -0.15) is 0 Å². The van der Waals surface area contributed by atoms with Gasteiger partial charge in [-0.15, -0.1) is 0 Å². The number of carbonyl (C=O) groups excluding carboxylic acids is 1. The van der Waals surface area contributed by atoms with E-state index in [4.69, 9.17) is 4.74 Å². The number of hydrogen-bond donors (Lipinski definition) is 1. The fourth-order valence-corrected chi connectivity index (χ4v) is 2.87. The van der Waals surface area contributed by atoms with Crippen LogP contribution in [-0.2, 0) is 11.3 Å². The molecule has 2 aromatic rings. The number of benzene rings is 2. The third-order valence-corrected chi connectivity index (χ3v) is 4.26. The zero-order chi connectivity index (χ0) is 16.9. The van der Waals surface area contributed by atoms with Crippen LogP contribution in [0.2, 0.25) is 0 Å². The van der Waals surface area contributed by atoms with Gasteiger partial charge in [-0.1, -0.05) is 44.2 Å². The van der Waals surface area contributed by atoms with Crippen molar-refractivity contribution in [2.24, 2.45) is 0 Å². The first-order valence-electron chi connectivity index (χ1n) is 8.44. The molecule has 1 aliphatic rings. The molecule has 0 saturated carbocycles. The molecule has 0 spiro atoms. The fraction of sp³-hybridized carbons (Fsp3) is 0.350. The lowest BCUT2D eigenvalue weighted by molar-refractivity contribution is -0.117. The highest BCUT2D eigenvalue weighted by atomic mass is 16.5. The Bertz CT molecular complexity index is 695. The van der Waals surface area contributed by atoms with E-state index >= 15 is 0 Å². The van der Waals surface area contributed by atoms with Gasteiger partial charge in [-0.05, 0) is 29.7 Å². The molecule has 1 aliphatic heterocycles. The number of fused-ring (bicyclic) bond motifs is 1.